The Bertz CT molecular complexity index is 1780. The van der Waals surface area contributed by atoms with E-state index in [1.165, 1.54) is 18.3 Å². The van der Waals surface area contributed by atoms with Gasteiger partial charge in [0.05, 0.1) is 11.1 Å². The molecule has 4 aromatic rings. The summed E-state index contributed by atoms with van der Waals surface area (Å²) in [6.07, 6.45) is -0.220. The van der Waals surface area contributed by atoms with Crippen molar-refractivity contribution in [1.82, 2.24) is 19.8 Å². The molecule has 1 aliphatic rings. The van der Waals surface area contributed by atoms with Crippen LogP contribution in [0.3, 0.4) is 0 Å². The molecule has 2 aromatic heterocycles. The van der Waals surface area contributed by atoms with Gasteiger partial charge in [-0.25, -0.2) is 9.78 Å². The minimum atomic E-state index is -4.67. The van der Waals surface area contributed by atoms with E-state index in [9.17, 15) is 22.8 Å². The van der Waals surface area contributed by atoms with Crippen LogP contribution in [-0.2, 0) is 17.5 Å². The second-order valence-corrected chi connectivity index (χ2v) is 11.7. The molecule has 0 saturated carbocycles. The first kappa shape index (κ1) is 31.5. The van der Waals surface area contributed by atoms with E-state index >= 15 is 0 Å². The highest BCUT2D eigenvalue weighted by Gasteiger charge is 2.35. The average molecular weight is 616 g/mol. The number of rotatable bonds is 4. The van der Waals surface area contributed by atoms with Crippen molar-refractivity contribution in [3.8, 4) is 11.8 Å². The summed E-state index contributed by atoms with van der Waals surface area (Å²) in [6, 6.07) is 14.5. The molecule has 2 aromatic carbocycles. The molecule has 0 spiro atoms. The number of nitrogens with one attached hydrogen (secondary N) is 1. The summed E-state index contributed by atoms with van der Waals surface area (Å²) >= 11 is 0. The fourth-order valence-electron chi connectivity index (χ4n) is 4.90. The Balaban J connectivity index is 1.27. The minimum Gasteiger partial charge on any atom is -0.444 e. The number of nitrogens with zero attached hydrogens (tertiary/aromatic N) is 4. The number of benzene rings is 2. The van der Waals surface area contributed by atoms with Crippen LogP contribution in [-0.4, -0.2) is 63.5 Å². The first-order valence-corrected chi connectivity index (χ1v) is 14.4. The number of halogens is 3. The number of carbonyl (C=O) groups excluding carboxylic acids is 2. The van der Waals surface area contributed by atoms with Gasteiger partial charge in [0.1, 0.15) is 11.4 Å². The number of piperazine rings is 1. The summed E-state index contributed by atoms with van der Waals surface area (Å²) in [5, 5.41) is 4.49. The van der Waals surface area contributed by atoms with Crippen molar-refractivity contribution >= 4 is 28.6 Å². The molecule has 0 bridgehead atoms. The third-order valence-electron chi connectivity index (χ3n) is 7.11. The van der Waals surface area contributed by atoms with E-state index < -0.39 is 29.3 Å². The molecule has 5 rings (SSSR count). The Morgan fingerprint density at radius 1 is 0.956 bits per heavy atom. The summed E-state index contributed by atoms with van der Waals surface area (Å²) in [5.41, 5.74) is -0.330. The zero-order valence-corrected chi connectivity index (χ0v) is 25.1. The molecule has 2 amide bonds. The summed E-state index contributed by atoms with van der Waals surface area (Å²) in [5.74, 6) is 5.55. The standard InChI is InChI=1S/C34H32F3N5O3/c1-33(2,3)45-32(44)42-16-14-41(15-17-42)22-27-11-10-24(19-29(27)34(35,36)37)31(43)40-30-18-23(12-13-39-30)8-9-26-21-38-20-25-6-4-5-7-28(25)26/h4-7,10-13,18-21H,14-17,22H2,1-3H3,(H,39,40,43). The van der Waals surface area contributed by atoms with Crippen molar-refractivity contribution < 1.29 is 27.5 Å². The summed E-state index contributed by atoms with van der Waals surface area (Å²) in [7, 11) is 0. The molecule has 1 N–H and O–H groups in total. The number of hydrogen-bond acceptors (Lipinski definition) is 6. The minimum absolute atomic E-state index is 0.0212. The number of alkyl halides is 3. The Labute approximate surface area is 259 Å². The van der Waals surface area contributed by atoms with Gasteiger partial charge in [-0.2, -0.15) is 13.2 Å². The van der Waals surface area contributed by atoms with Crippen molar-refractivity contribution in [3.63, 3.8) is 0 Å². The number of amides is 2. The number of aromatic nitrogens is 2. The van der Waals surface area contributed by atoms with Gasteiger partial charge in [0.2, 0.25) is 0 Å². The van der Waals surface area contributed by atoms with Crippen LogP contribution in [0.15, 0.2) is 73.2 Å². The largest absolute Gasteiger partial charge is 0.444 e. The Morgan fingerprint density at radius 3 is 2.44 bits per heavy atom. The van der Waals surface area contributed by atoms with E-state index in [0.29, 0.717) is 31.7 Å². The summed E-state index contributed by atoms with van der Waals surface area (Å²) in [6.45, 7) is 6.81. The Kier molecular flexibility index (Phi) is 9.06. The first-order chi connectivity index (χ1) is 21.4. The average Bonchev–Trinajstić information content (AvgIpc) is 2.99. The van der Waals surface area contributed by atoms with Gasteiger partial charge in [0, 0.05) is 73.2 Å². The molecule has 1 saturated heterocycles. The predicted octanol–water partition coefficient (Wildman–Crippen LogP) is 6.35. The van der Waals surface area contributed by atoms with Crippen LogP contribution >= 0.6 is 0 Å². The lowest BCUT2D eigenvalue weighted by molar-refractivity contribution is -0.138. The number of fused-ring (bicyclic) bond motifs is 1. The van der Waals surface area contributed by atoms with Gasteiger partial charge in [-0.1, -0.05) is 42.2 Å². The van der Waals surface area contributed by atoms with Gasteiger partial charge < -0.3 is 15.0 Å². The quantitative estimate of drug-likeness (QED) is 0.269. The van der Waals surface area contributed by atoms with Gasteiger partial charge in [0.15, 0.2) is 0 Å². The zero-order valence-electron chi connectivity index (χ0n) is 25.1. The second-order valence-electron chi connectivity index (χ2n) is 11.7. The molecule has 0 radical (unpaired) electrons. The van der Waals surface area contributed by atoms with E-state index in [1.807, 2.05) is 29.2 Å². The zero-order chi connectivity index (χ0) is 32.2. The lowest BCUT2D eigenvalue weighted by Gasteiger charge is -2.35. The summed E-state index contributed by atoms with van der Waals surface area (Å²) in [4.78, 5) is 37.1. The third-order valence-corrected chi connectivity index (χ3v) is 7.11. The van der Waals surface area contributed by atoms with E-state index in [1.54, 1.807) is 50.2 Å². The number of carbonyl (C=O) groups is 2. The maximum absolute atomic E-state index is 14.1. The van der Waals surface area contributed by atoms with Gasteiger partial charge in [-0.05, 0) is 50.6 Å². The van der Waals surface area contributed by atoms with E-state index in [0.717, 1.165) is 22.4 Å². The molecule has 45 heavy (non-hydrogen) atoms. The molecule has 1 fully saturated rings. The van der Waals surface area contributed by atoms with E-state index in [-0.39, 0.29) is 23.5 Å². The van der Waals surface area contributed by atoms with Crippen molar-refractivity contribution in [3.05, 3.63) is 101 Å². The van der Waals surface area contributed by atoms with Crippen LogP contribution in [0, 0.1) is 11.8 Å². The molecule has 11 heteroatoms. The highest BCUT2D eigenvalue weighted by atomic mass is 19.4. The number of pyridine rings is 2. The Hall–Kier alpha value is -4.95. The number of ether oxygens (including phenoxy) is 1. The van der Waals surface area contributed by atoms with Crippen molar-refractivity contribution in [2.45, 2.75) is 39.1 Å². The molecule has 3 heterocycles. The molecule has 232 valence electrons. The monoisotopic (exact) mass is 615 g/mol. The van der Waals surface area contributed by atoms with Crippen LogP contribution in [0.2, 0.25) is 0 Å². The van der Waals surface area contributed by atoms with Crippen LogP contribution < -0.4 is 5.32 Å². The number of anilines is 1. The third kappa shape index (κ3) is 8.16. The SMILES string of the molecule is CC(C)(C)OC(=O)N1CCN(Cc2ccc(C(=O)Nc3cc(C#Cc4cncc5ccccc45)ccn3)cc2C(F)(F)F)CC1. The maximum Gasteiger partial charge on any atom is 0.416 e. The highest BCUT2D eigenvalue weighted by Crippen LogP contribution is 2.34. The normalized spacial score (nSPS) is 14.0. The smallest absolute Gasteiger partial charge is 0.416 e. The van der Waals surface area contributed by atoms with Crippen LogP contribution in [0.5, 0.6) is 0 Å². The van der Waals surface area contributed by atoms with E-state index in [4.69, 9.17) is 4.74 Å². The van der Waals surface area contributed by atoms with Crippen molar-refractivity contribution in [2.75, 3.05) is 31.5 Å². The topological polar surface area (TPSA) is 87.7 Å². The van der Waals surface area contributed by atoms with Crippen LogP contribution in [0.4, 0.5) is 23.8 Å². The summed E-state index contributed by atoms with van der Waals surface area (Å²) < 4.78 is 47.8. The van der Waals surface area contributed by atoms with Crippen LogP contribution in [0.1, 0.15) is 53.4 Å². The molecule has 0 unspecified atom stereocenters. The fourth-order valence-corrected chi connectivity index (χ4v) is 4.90. The van der Waals surface area contributed by atoms with Gasteiger partial charge in [-0.15, -0.1) is 0 Å². The highest BCUT2D eigenvalue weighted by molar-refractivity contribution is 6.04. The van der Waals surface area contributed by atoms with Crippen molar-refractivity contribution in [1.29, 1.82) is 0 Å². The van der Waals surface area contributed by atoms with Gasteiger partial charge in [-0.3, -0.25) is 14.7 Å². The number of hydrogen-bond donors (Lipinski definition) is 1. The molecule has 0 aliphatic carbocycles. The van der Waals surface area contributed by atoms with Gasteiger partial charge >= 0.3 is 12.3 Å². The maximum atomic E-state index is 14.1. The van der Waals surface area contributed by atoms with Crippen LogP contribution in [0.25, 0.3) is 10.8 Å². The van der Waals surface area contributed by atoms with Gasteiger partial charge in [0.25, 0.3) is 5.91 Å². The second kappa shape index (κ2) is 13.0. The predicted molar refractivity (Wildman–Crippen MR) is 164 cm³/mol. The Morgan fingerprint density at radius 2 is 1.71 bits per heavy atom. The molecule has 8 nitrogen and oxygen atoms in total. The first-order valence-electron chi connectivity index (χ1n) is 14.4. The lowest BCUT2D eigenvalue weighted by atomic mass is 10.0. The molecular weight excluding hydrogens is 583 g/mol. The molecule has 0 atom stereocenters. The lowest BCUT2D eigenvalue weighted by Crippen LogP contribution is -2.49. The van der Waals surface area contributed by atoms with Crippen molar-refractivity contribution in [2.24, 2.45) is 0 Å². The molecule has 1 aliphatic heterocycles. The fraction of sp³-hybridized carbons (Fsp3) is 0.294. The molecular formula is C34H32F3N5O3. The van der Waals surface area contributed by atoms with E-state index in [2.05, 4.69) is 27.1 Å².